The molecule has 2 aliphatic rings. The van der Waals surface area contributed by atoms with Crippen molar-refractivity contribution in [1.29, 1.82) is 0 Å². The van der Waals surface area contributed by atoms with Crippen LogP contribution in [0.25, 0.3) is 0 Å². The summed E-state index contributed by atoms with van der Waals surface area (Å²) < 4.78 is 1.68. The summed E-state index contributed by atoms with van der Waals surface area (Å²) in [4.78, 5) is 28.6. The first-order chi connectivity index (χ1) is 10.6. The van der Waals surface area contributed by atoms with Gasteiger partial charge in [0.05, 0.1) is 6.04 Å². The van der Waals surface area contributed by atoms with Crippen LogP contribution in [0, 0.1) is 0 Å². The fourth-order valence-electron chi connectivity index (χ4n) is 3.72. The van der Waals surface area contributed by atoms with Gasteiger partial charge in [-0.05, 0) is 39.5 Å². The third kappa shape index (κ3) is 2.82. The van der Waals surface area contributed by atoms with Gasteiger partial charge in [-0.2, -0.15) is 5.10 Å². The van der Waals surface area contributed by atoms with Crippen molar-refractivity contribution < 1.29 is 4.79 Å². The lowest BCUT2D eigenvalue weighted by atomic mass is 9.97. The Hall–Kier alpha value is -1.63. The number of hydrogen-bond acceptors (Lipinski definition) is 4. The number of H-pyrrole nitrogens is 1. The van der Waals surface area contributed by atoms with E-state index in [0.29, 0.717) is 0 Å². The monoisotopic (exact) mass is 307 g/mol. The highest BCUT2D eigenvalue weighted by molar-refractivity contribution is 5.82. The Kier molecular flexibility index (Phi) is 4.33. The molecule has 0 aliphatic carbocycles. The van der Waals surface area contributed by atoms with Crippen LogP contribution in [0.15, 0.2) is 11.1 Å². The molecule has 122 valence electrons. The van der Waals surface area contributed by atoms with Crippen molar-refractivity contribution in [2.45, 2.75) is 57.7 Å². The first-order valence-corrected chi connectivity index (χ1v) is 8.24. The second-order valence-electron chi connectivity index (χ2n) is 6.62. The molecule has 22 heavy (non-hydrogen) atoms. The SMILES string of the molecule is CC(C)N1CCCC(N2CCC(n3cn[nH]c3=O)CC2)C1=O. The summed E-state index contributed by atoms with van der Waals surface area (Å²) >= 11 is 0. The van der Waals surface area contributed by atoms with Crippen molar-refractivity contribution in [3.05, 3.63) is 16.8 Å². The highest BCUT2D eigenvalue weighted by atomic mass is 16.2. The summed E-state index contributed by atoms with van der Waals surface area (Å²) in [5.41, 5.74) is -0.141. The molecular weight excluding hydrogens is 282 g/mol. The van der Waals surface area contributed by atoms with Crippen molar-refractivity contribution in [3.8, 4) is 0 Å². The summed E-state index contributed by atoms with van der Waals surface area (Å²) in [7, 11) is 0. The molecule has 2 fully saturated rings. The maximum atomic E-state index is 12.6. The number of likely N-dealkylation sites (tertiary alicyclic amines) is 2. The van der Waals surface area contributed by atoms with Crippen LogP contribution in [0.4, 0.5) is 0 Å². The fraction of sp³-hybridized carbons (Fsp3) is 0.800. The largest absolute Gasteiger partial charge is 0.343 e. The maximum absolute atomic E-state index is 12.6. The zero-order chi connectivity index (χ0) is 15.7. The van der Waals surface area contributed by atoms with Crippen molar-refractivity contribution in [3.63, 3.8) is 0 Å². The summed E-state index contributed by atoms with van der Waals surface area (Å²) in [6.07, 6.45) is 5.40. The van der Waals surface area contributed by atoms with E-state index in [9.17, 15) is 9.59 Å². The molecule has 3 rings (SSSR count). The molecule has 0 spiro atoms. The van der Waals surface area contributed by atoms with E-state index in [4.69, 9.17) is 0 Å². The van der Waals surface area contributed by atoms with Crippen LogP contribution in [0.3, 0.4) is 0 Å². The number of nitrogens with one attached hydrogen (secondary N) is 1. The van der Waals surface area contributed by atoms with E-state index >= 15 is 0 Å². The van der Waals surface area contributed by atoms with Gasteiger partial charge in [0.1, 0.15) is 6.33 Å². The van der Waals surface area contributed by atoms with Gasteiger partial charge in [-0.3, -0.25) is 14.3 Å². The van der Waals surface area contributed by atoms with Crippen LogP contribution in [-0.2, 0) is 4.79 Å². The van der Waals surface area contributed by atoms with E-state index in [-0.39, 0.29) is 29.7 Å². The lowest BCUT2D eigenvalue weighted by molar-refractivity contribution is -0.142. The number of aromatic nitrogens is 3. The van der Waals surface area contributed by atoms with E-state index in [1.807, 2.05) is 4.90 Å². The normalized spacial score (nSPS) is 25.1. The van der Waals surface area contributed by atoms with Crippen molar-refractivity contribution in [2.75, 3.05) is 19.6 Å². The molecule has 7 heteroatoms. The van der Waals surface area contributed by atoms with Gasteiger partial charge in [-0.1, -0.05) is 0 Å². The standard InChI is InChI=1S/C15H25N5O2/c1-11(2)19-7-3-4-13(14(19)21)18-8-5-12(6-9-18)20-10-16-17-15(20)22/h10-13H,3-9H2,1-2H3,(H,17,22). The molecule has 1 amide bonds. The summed E-state index contributed by atoms with van der Waals surface area (Å²) in [5.74, 6) is 0.278. The lowest BCUT2D eigenvalue weighted by Gasteiger charge is -2.42. The molecule has 0 aromatic carbocycles. The van der Waals surface area contributed by atoms with Crippen molar-refractivity contribution >= 4 is 5.91 Å². The molecule has 0 radical (unpaired) electrons. The molecule has 1 unspecified atom stereocenters. The first-order valence-electron chi connectivity index (χ1n) is 8.24. The van der Waals surface area contributed by atoms with E-state index in [0.717, 1.165) is 45.3 Å². The molecule has 1 N–H and O–H groups in total. The molecule has 7 nitrogen and oxygen atoms in total. The van der Waals surface area contributed by atoms with Crippen LogP contribution >= 0.6 is 0 Å². The van der Waals surface area contributed by atoms with Crippen LogP contribution in [0.5, 0.6) is 0 Å². The van der Waals surface area contributed by atoms with E-state index in [1.54, 1.807) is 10.9 Å². The van der Waals surface area contributed by atoms with Gasteiger partial charge in [0.25, 0.3) is 0 Å². The molecule has 1 atom stereocenters. The minimum Gasteiger partial charge on any atom is -0.339 e. The Morgan fingerprint density at radius 3 is 2.50 bits per heavy atom. The van der Waals surface area contributed by atoms with Crippen LogP contribution in [0.1, 0.15) is 45.6 Å². The zero-order valence-electron chi connectivity index (χ0n) is 13.4. The number of carbonyl (C=O) groups is 1. The van der Waals surface area contributed by atoms with Gasteiger partial charge in [-0.15, -0.1) is 0 Å². The third-order valence-electron chi connectivity index (χ3n) is 4.98. The molecule has 1 aromatic rings. The Labute approximate surface area is 130 Å². The topological polar surface area (TPSA) is 74.2 Å². The smallest absolute Gasteiger partial charge is 0.339 e. The summed E-state index contributed by atoms with van der Waals surface area (Å²) in [6.45, 7) is 6.78. The predicted octanol–water partition coefficient (Wildman–Crippen LogP) is 0.608. The molecular formula is C15H25N5O2. The molecule has 1 aromatic heterocycles. The van der Waals surface area contributed by atoms with Crippen LogP contribution in [0.2, 0.25) is 0 Å². The fourth-order valence-corrected chi connectivity index (χ4v) is 3.72. The van der Waals surface area contributed by atoms with Crippen LogP contribution < -0.4 is 5.69 Å². The Morgan fingerprint density at radius 1 is 1.18 bits per heavy atom. The maximum Gasteiger partial charge on any atom is 0.343 e. The second-order valence-corrected chi connectivity index (χ2v) is 6.62. The Morgan fingerprint density at radius 2 is 1.91 bits per heavy atom. The number of rotatable bonds is 3. The predicted molar refractivity (Wildman–Crippen MR) is 82.6 cm³/mol. The molecule has 2 aliphatic heterocycles. The van der Waals surface area contributed by atoms with Gasteiger partial charge in [0.15, 0.2) is 0 Å². The summed E-state index contributed by atoms with van der Waals surface area (Å²) in [6, 6.07) is 0.498. The van der Waals surface area contributed by atoms with Crippen molar-refractivity contribution in [2.24, 2.45) is 0 Å². The summed E-state index contributed by atoms with van der Waals surface area (Å²) in [5, 5.41) is 6.25. The molecule has 0 bridgehead atoms. The molecule has 2 saturated heterocycles. The second kappa shape index (κ2) is 6.24. The number of piperidine rings is 2. The number of amides is 1. The lowest BCUT2D eigenvalue weighted by Crippen LogP contribution is -2.56. The zero-order valence-corrected chi connectivity index (χ0v) is 13.4. The van der Waals surface area contributed by atoms with E-state index in [2.05, 4.69) is 28.9 Å². The van der Waals surface area contributed by atoms with Gasteiger partial charge in [-0.25, -0.2) is 9.89 Å². The Bertz CT molecular complexity index is 570. The highest BCUT2D eigenvalue weighted by Gasteiger charge is 2.36. The number of carbonyl (C=O) groups excluding carboxylic acids is 1. The van der Waals surface area contributed by atoms with Gasteiger partial charge in [0, 0.05) is 31.7 Å². The Balaban J connectivity index is 1.62. The average molecular weight is 307 g/mol. The minimum atomic E-state index is -0.141. The van der Waals surface area contributed by atoms with E-state index < -0.39 is 0 Å². The quantitative estimate of drug-likeness (QED) is 0.888. The van der Waals surface area contributed by atoms with Crippen molar-refractivity contribution in [1.82, 2.24) is 24.6 Å². The number of aromatic amines is 1. The number of hydrogen-bond donors (Lipinski definition) is 1. The first kappa shape index (κ1) is 15.3. The van der Waals surface area contributed by atoms with Gasteiger partial charge in [0.2, 0.25) is 5.91 Å². The van der Waals surface area contributed by atoms with Gasteiger partial charge >= 0.3 is 5.69 Å². The molecule has 3 heterocycles. The third-order valence-corrected chi connectivity index (χ3v) is 4.98. The average Bonchev–Trinajstić information content (AvgIpc) is 2.93. The molecule has 0 saturated carbocycles. The highest BCUT2D eigenvalue weighted by Crippen LogP contribution is 2.26. The van der Waals surface area contributed by atoms with Gasteiger partial charge < -0.3 is 4.90 Å². The van der Waals surface area contributed by atoms with Crippen LogP contribution in [-0.4, -0.2) is 62.2 Å². The number of nitrogens with zero attached hydrogens (tertiary/aromatic N) is 4. The minimum absolute atomic E-state index is 0.0261. The van der Waals surface area contributed by atoms with E-state index in [1.165, 1.54) is 0 Å².